The molecule has 6 nitrogen and oxygen atoms in total. The van der Waals surface area contributed by atoms with Crippen molar-refractivity contribution >= 4 is 22.9 Å². The molecule has 0 spiro atoms. The minimum atomic E-state index is -0.832. The maximum Gasteiger partial charge on any atom is 0.306 e. The minimum absolute atomic E-state index is 0.150. The predicted molar refractivity (Wildman–Crippen MR) is 81.0 cm³/mol. The zero-order valence-corrected chi connectivity index (χ0v) is 12.5. The van der Waals surface area contributed by atoms with E-state index in [2.05, 4.69) is 15.3 Å². The quantitative estimate of drug-likeness (QED) is 0.805. The zero-order valence-electron chi connectivity index (χ0n) is 12.5. The van der Waals surface area contributed by atoms with E-state index in [0.717, 1.165) is 6.42 Å². The second-order valence-corrected chi connectivity index (χ2v) is 5.96. The molecule has 3 N–H and O–H groups in total. The van der Waals surface area contributed by atoms with Gasteiger partial charge in [0, 0.05) is 5.92 Å². The number of imidazole rings is 1. The first kappa shape index (κ1) is 15.5. The summed E-state index contributed by atoms with van der Waals surface area (Å²) in [7, 11) is 0. The minimum Gasteiger partial charge on any atom is -0.481 e. The molecule has 23 heavy (non-hydrogen) atoms. The lowest BCUT2D eigenvalue weighted by Gasteiger charge is -2.25. The molecule has 7 heteroatoms. The fraction of sp³-hybridized carbons (Fsp3) is 0.438. The first-order chi connectivity index (χ1) is 11.0. The van der Waals surface area contributed by atoms with Crippen LogP contribution in [0.25, 0.3) is 11.0 Å². The summed E-state index contributed by atoms with van der Waals surface area (Å²) in [6.07, 6.45) is 2.47. The van der Waals surface area contributed by atoms with Crippen molar-refractivity contribution in [3.63, 3.8) is 0 Å². The SMILES string of the molecule is O=C(O)C1CCCC(C(=O)NCc2nc3ccc(F)cc3[nH]2)C1. The lowest BCUT2D eigenvalue weighted by atomic mass is 9.81. The molecule has 1 aliphatic carbocycles. The van der Waals surface area contributed by atoms with Crippen LogP contribution in [0.1, 0.15) is 31.5 Å². The molecule has 0 bridgehead atoms. The maximum absolute atomic E-state index is 13.1. The number of nitrogens with one attached hydrogen (secondary N) is 2. The van der Waals surface area contributed by atoms with Gasteiger partial charge in [-0.1, -0.05) is 6.42 Å². The van der Waals surface area contributed by atoms with Crippen LogP contribution in [-0.4, -0.2) is 27.0 Å². The molecule has 1 fully saturated rings. The number of hydrogen-bond acceptors (Lipinski definition) is 3. The predicted octanol–water partition coefficient (Wildman–Crippen LogP) is 2.21. The van der Waals surface area contributed by atoms with Gasteiger partial charge >= 0.3 is 5.97 Å². The number of aromatic amines is 1. The standard InChI is InChI=1S/C16H18FN3O3/c17-11-4-5-12-13(7-11)20-14(19-12)8-18-15(21)9-2-1-3-10(6-9)16(22)23/h4-5,7,9-10H,1-3,6,8H2,(H,18,21)(H,19,20)(H,22,23). The normalized spacial score (nSPS) is 21.3. The highest BCUT2D eigenvalue weighted by atomic mass is 19.1. The van der Waals surface area contributed by atoms with E-state index in [0.29, 0.717) is 36.1 Å². The first-order valence-corrected chi connectivity index (χ1v) is 7.67. The van der Waals surface area contributed by atoms with Gasteiger partial charge in [-0.2, -0.15) is 0 Å². The number of aliphatic carboxylic acids is 1. The van der Waals surface area contributed by atoms with Crippen LogP contribution < -0.4 is 5.32 Å². The highest BCUT2D eigenvalue weighted by Crippen LogP contribution is 2.29. The Morgan fingerprint density at radius 2 is 2.13 bits per heavy atom. The summed E-state index contributed by atoms with van der Waals surface area (Å²) in [6.45, 7) is 0.212. The number of nitrogens with zero attached hydrogens (tertiary/aromatic N) is 1. The van der Waals surface area contributed by atoms with Crippen molar-refractivity contribution in [2.45, 2.75) is 32.2 Å². The largest absolute Gasteiger partial charge is 0.481 e. The summed E-state index contributed by atoms with van der Waals surface area (Å²) >= 11 is 0. The molecule has 122 valence electrons. The van der Waals surface area contributed by atoms with Gasteiger partial charge in [0.2, 0.25) is 5.91 Å². The highest BCUT2D eigenvalue weighted by molar-refractivity contribution is 5.80. The summed E-state index contributed by atoms with van der Waals surface area (Å²) in [5.41, 5.74) is 1.22. The fourth-order valence-electron chi connectivity index (χ4n) is 3.09. The Balaban J connectivity index is 1.60. The average molecular weight is 319 g/mol. The Morgan fingerprint density at radius 1 is 1.35 bits per heavy atom. The van der Waals surface area contributed by atoms with E-state index >= 15 is 0 Å². The number of carboxylic acid groups (broad SMARTS) is 1. The molecule has 3 rings (SSSR count). The van der Waals surface area contributed by atoms with Crippen molar-refractivity contribution in [1.29, 1.82) is 0 Å². The third kappa shape index (κ3) is 3.49. The molecule has 1 aromatic heterocycles. The Hall–Kier alpha value is -2.44. The van der Waals surface area contributed by atoms with Crippen LogP contribution in [0.4, 0.5) is 4.39 Å². The number of carbonyl (C=O) groups excluding carboxylic acids is 1. The lowest BCUT2D eigenvalue weighted by Crippen LogP contribution is -2.35. The summed E-state index contributed by atoms with van der Waals surface area (Å²) in [5.74, 6) is -1.49. The van der Waals surface area contributed by atoms with E-state index in [1.165, 1.54) is 12.1 Å². The van der Waals surface area contributed by atoms with Crippen LogP contribution in [0.2, 0.25) is 0 Å². The summed E-state index contributed by atoms with van der Waals surface area (Å²) in [4.78, 5) is 30.5. The van der Waals surface area contributed by atoms with Crippen molar-refractivity contribution < 1.29 is 19.1 Å². The topological polar surface area (TPSA) is 95.1 Å². The number of amides is 1. The number of carboxylic acids is 1. The second kappa shape index (κ2) is 6.36. The van der Waals surface area contributed by atoms with E-state index in [-0.39, 0.29) is 24.2 Å². The second-order valence-electron chi connectivity index (χ2n) is 5.96. The number of hydrogen-bond donors (Lipinski definition) is 3. The van der Waals surface area contributed by atoms with Crippen LogP contribution in [-0.2, 0) is 16.1 Å². The number of H-pyrrole nitrogens is 1. The van der Waals surface area contributed by atoms with Crippen molar-refractivity contribution in [1.82, 2.24) is 15.3 Å². The van der Waals surface area contributed by atoms with Gasteiger partial charge < -0.3 is 15.4 Å². The van der Waals surface area contributed by atoms with Crippen molar-refractivity contribution in [2.24, 2.45) is 11.8 Å². The molecule has 0 radical (unpaired) electrons. The van der Waals surface area contributed by atoms with Crippen LogP contribution in [0, 0.1) is 17.7 Å². The van der Waals surface area contributed by atoms with E-state index in [1.54, 1.807) is 6.07 Å². The number of aromatic nitrogens is 2. The molecule has 0 saturated heterocycles. The Kier molecular flexibility index (Phi) is 4.27. The van der Waals surface area contributed by atoms with Crippen LogP contribution in [0.5, 0.6) is 0 Å². The molecule has 1 aromatic carbocycles. The Morgan fingerprint density at radius 3 is 2.91 bits per heavy atom. The van der Waals surface area contributed by atoms with Crippen molar-refractivity contribution in [3.05, 3.63) is 29.8 Å². The molecular weight excluding hydrogens is 301 g/mol. The van der Waals surface area contributed by atoms with Gasteiger partial charge in [-0.15, -0.1) is 0 Å². The fourth-order valence-corrected chi connectivity index (χ4v) is 3.09. The van der Waals surface area contributed by atoms with Crippen LogP contribution in [0.3, 0.4) is 0 Å². The Labute approximate surface area is 132 Å². The summed E-state index contributed by atoms with van der Waals surface area (Å²) in [5, 5.41) is 11.9. The van der Waals surface area contributed by atoms with E-state index < -0.39 is 11.9 Å². The molecular formula is C16H18FN3O3. The van der Waals surface area contributed by atoms with Gasteiger partial charge in [-0.05, 0) is 37.5 Å². The third-order valence-electron chi connectivity index (χ3n) is 4.32. The maximum atomic E-state index is 13.1. The number of rotatable bonds is 4. The molecule has 2 unspecified atom stereocenters. The average Bonchev–Trinajstić information content (AvgIpc) is 2.94. The highest BCUT2D eigenvalue weighted by Gasteiger charge is 2.30. The molecule has 2 aromatic rings. The molecule has 2 atom stereocenters. The lowest BCUT2D eigenvalue weighted by molar-refractivity contribution is -0.144. The molecule has 1 amide bonds. The van der Waals surface area contributed by atoms with Gasteiger partial charge in [0.05, 0.1) is 23.5 Å². The number of halogens is 1. The zero-order chi connectivity index (χ0) is 16.4. The smallest absolute Gasteiger partial charge is 0.306 e. The molecule has 1 saturated carbocycles. The number of carbonyl (C=O) groups is 2. The van der Waals surface area contributed by atoms with Crippen molar-refractivity contribution in [3.8, 4) is 0 Å². The van der Waals surface area contributed by atoms with Crippen molar-refractivity contribution in [2.75, 3.05) is 0 Å². The molecule has 0 aliphatic heterocycles. The van der Waals surface area contributed by atoms with Gasteiger partial charge in [0.25, 0.3) is 0 Å². The first-order valence-electron chi connectivity index (χ1n) is 7.67. The summed E-state index contributed by atoms with van der Waals surface area (Å²) in [6, 6.07) is 4.26. The monoisotopic (exact) mass is 319 g/mol. The third-order valence-corrected chi connectivity index (χ3v) is 4.32. The number of benzene rings is 1. The van der Waals surface area contributed by atoms with Gasteiger partial charge in [-0.25, -0.2) is 9.37 Å². The van der Waals surface area contributed by atoms with E-state index in [9.17, 15) is 14.0 Å². The number of fused-ring (bicyclic) bond motifs is 1. The van der Waals surface area contributed by atoms with Crippen LogP contribution in [0.15, 0.2) is 18.2 Å². The Bertz CT molecular complexity index is 743. The van der Waals surface area contributed by atoms with E-state index in [4.69, 9.17) is 5.11 Å². The molecule has 1 aliphatic rings. The van der Waals surface area contributed by atoms with Gasteiger partial charge in [-0.3, -0.25) is 9.59 Å². The van der Waals surface area contributed by atoms with Gasteiger partial charge in [0.15, 0.2) is 0 Å². The van der Waals surface area contributed by atoms with E-state index in [1.807, 2.05) is 0 Å². The van der Waals surface area contributed by atoms with Crippen LogP contribution >= 0.6 is 0 Å². The molecule has 1 heterocycles. The van der Waals surface area contributed by atoms with Gasteiger partial charge in [0.1, 0.15) is 11.6 Å². The summed E-state index contributed by atoms with van der Waals surface area (Å²) < 4.78 is 13.1.